The fourth-order valence-corrected chi connectivity index (χ4v) is 3.54. The van der Waals surface area contributed by atoms with Crippen LogP contribution >= 0.6 is 0 Å². The Bertz CT molecular complexity index is 451. The molecule has 1 aliphatic carbocycles. The van der Waals surface area contributed by atoms with Gasteiger partial charge in [-0.3, -0.25) is 9.78 Å². The summed E-state index contributed by atoms with van der Waals surface area (Å²) >= 11 is 0. The number of nitrogens with one attached hydrogen (secondary N) is 1. The maximum Gasteiger partial charge on any atom is 0.271 e. The van der Waals surface area contributed by atoms with Gasteiger partial charge in [-0.25, -0.2) is 4.98 Å². The lowest BCUT2D eigenvalue weighted by molar-refractivity contribution is 0.0919. The molecular formula is C16H24N4O. The molecule has 3 rings (SSSR count). The van der Waals surface area contributed by atoms with E-state index in [0.29, 0.717) is 11.6 Å². The number of carbonyl (C=O) groups is 1. The quantitative estimate of drug-likeness (QED) is 0.919. The number of piperidine rings is 1. The van der Waals surface area contributed by atoms with Crippen LogP contribution in [0.3, 0.4) is 0 Å². The van der Waals surface area contributed by atoms with Crippen molar-refractivity contribution in [2.45, 2.75) is 44.6 Å². The Labute approximate surface area is 126 Å². The molecule has 0 atom stereocenters. The maximum atomic E-state index is 11.9. The fourth-order valence-electron chi connectivity index (χ4n) is 3.54. The van der Waals surface area contributed by atoms with E-state index in [-0.39, 0.29) is 5.91 Å². The van der Waals surface area contributed by atoms with Gasteiger partial charge in [0.15, 0.2) is 0 Å². The highest BCUT2D eigenvalue weighted by atomic mass is 16.1. The molecule has 1 aliphatic heterocycles. The monoisotopic (exact) mass is 288 g/mol. The standard InChI is InChI=1S/C16H24N4O/c21-16(15-12-17-7-8-18-15)19-11-13-5-9-20(10-6-13)14-3-1-2-4-14/h7-8,12-14H,1-6,9-11H2,(H,19,21). The maximum absolute atomic E-state index is 11.9. The number of likely N-dealkylation sites (tertiary alicyclic amines) is 1. The minimum absolute atomic E-state index is 0.110. The molecule has 5 heteroatoms. The summed E-state index contributed by atoms with van der Waals surface area (Å²) in [7, 11) is 0. The van der Waals surface area contributed by atoms with Crippen LogP contribution in [0.5, 0.6) is 0 Å². The van der Waals surface area contributed by atoms with Crippen LogP contribution < -0.4 is 5.32 Å². The van der Waals surface area contributed by atoms with E-state index in [2.05, 4.69) is 20.2 Å². The van der Waals surface area contributed by atoms with E-state index in [9.17, 15) is 4.79 Å². The van der Waals surface area contributed by atoms with Crippen molar-refractivity contribution in [3.05, 3.63) is 24.3 Å². The average Bonchev–Trinajstić information content (AvgIpc) is 3.08. The summed E-state index contributed by atoms with van der Waals surface area (Å²) in [6, 6.07) is 0.833. The molecule has 1 saturated heterocycles. The molecule has 0 aromatic carbocycles. The van der Waals surface area contributed by atoms with Crippen LogP contribution in [0.4, 0.5) is 0 Å². The average molecular weight is 288 g/mol. The highest BCUT2D eigenvalue weighted by Crippen LogP contribution is 2.27. The predicted octanol–water partition coefficient (Wildman–Crippen LogP) is 1.86. The van der Waals surface area contributed by atoms with Gasteiger partial charge in [0.2, 0.25) is 0 Å². The predicted molar refractivity (Wildman–Crippen MR) is 80.9 cm³/mol. The van der Waals surface area contributed by atoms with Gasteiger partial charge in [-0.05, 0) is 44.7 Å². The first kappa shape index (κ1) is 14.4. The summed E-state index contributed by atoms with van der Waals surface area (Å²) in [6.07, 6.45) is 12.6. The van der Waals surface area contributed by atoms with Crippen LogP contribution in [-0.4, -0.2) is 46.5 Å². The minimum atomic E-state index is -0.110. The van der Waals surface area contributed by atoms with Crippen molar-refractivity contribution in [2.24, 2.45) is 5.92 Å². The van der Waals surface area contributed by atoms with Gasteiger partial charge in [0.1, 0.15) is 5.69 Å². The van der Waals surface area contributed by atoms with Crippen molar-refractivity contribution in [3.63, 3.8) is 0 Å². The van der Waals surface area contributed by atoms with Crippen molar-refractivity contribution in [1.29, 1.82) is 0 Å². The highest BCUT2D eigenvalue weighted by Gasteiger charge is 2.27. The molecule has 21 heavy (non-hydrogen) atoms. The minimum Gasteiger partial charge on any atom is -0.350 e. The second-order valence-corrected chi connectivity index (χ2v) is 6.22. The Kier molecular flexibility index (Phi) is 4.80. The van der Waals surface area contributed by atoms with E-state index in [0.717, 1.165) is 12.6 Å². The van der Waals surface area contributed by atoms with E-state index in [1.54, 1.807) is 12.4 Å². The molecule has 114 valence electrons. The van der Waals surface area contributed by atoms with Crippen molar-refractivity contribution >= 4 is 5.91 Å². The van der Waals surface area contributed by atoms with Crippen molar-refractivity contribution < 1.29 is 4.79 Å². The fraction of sp³-hybridized carbons (Fsp3) is 0.688. The summed E-state index contributed by atoms with van der Waals surface area (Å²) in [5.41, 5.74) is 0.404. The van der Waals surface area contributed by atoms with Gasteiger partial charge in [-0.2, -0.15) is 0 Å². The summed E-state index contributed by atoms with van der Waals surface area (Å²) in [4.78, 5) is 22.5. The smallest absolute Gasteiger partial charge is 0.271 e. The molecule has 2 aliphatic rings. The SMILES string of the molecule is O=C(NCC1CCN(C2CCCC2)CC1)c1cnccn1. The van der Waals surface area contributed by atoms with E-state index in [4.69, 9.17) is 0 Å². The lowest BCUT2D eigenvalue weighted by Gasteiger charge is -2.36. The Morgan fingerprint density at radius 1 is 1.19 bits per heavy atom. The molecule has 1 amide bonds. The van der Waals surface area contributed by atoms with Gasteiger partial charge in [-0.15, -0.1) is 0 Å². The molecule has 0 spiro atoms. The number of amides is 1. The number of nitrogens with zero attached hydrogens (tertiary/aromatic N) is 3. The van der Waals surface area contributed by atoms with Crippen LogP contribution in [0.1, 0.15) is 49.0 Å². The summed E-state index contributed by atoms with van der Waals surface area (Å²) in [6.45, 7) is 3.14. The number of hydrogen-bond donors (Lipinski definition) is 1. The van der Waals surface area contributed by atoms with Crippen LogP contribution in [-0.2, 0) is 0 Å². The largest absolute Gasteiger partial charge is 0.350 e. The van der Waals surface area contributed by atoms with Gasteiger partial charge in [-0.1, -0.05) is 12.8 Å². The summed E-state index contributed by atoms with van der Waals surface area (Å²) in [5, 5.41) is 2.99. The van der Waals surface area contributed by atoms with Crippen LogP contribution in [0.2, 0.25) is 0 Å². The first-order chi connectivity index (χ1) is 10.3. The van der Waals surface area contributed by atoms with Crippen molar-refractivity contribution in [3.8, 4) is 0 Å². The molecule has 0 unspecified atom stereocenters. The Balaban J connectivity index is 1.40. The second-order valence-electron chi connectivity index (χ2n) is 6.22. The first-order valence-corrected chi connectivity index (χ1v) is 8.11. The lowest BCUT2D eigenvalue weighted by atomic mass is 9.95. The molecular weight excluding hydrogens is 264 g/mol. The molecule has 2 fully saturated rings. The Morgan fingerprint density at radius 3 is 2.62 bits per heavy atom. The highest BCUT2D eigenvalue weighted by molar-refractivity contribution is 5.91. The molecule has 2 heterocycles. The third-order valence-corrected chi connectivity index (χ3v) is 4.84. The van der Waals surface area contributed by atoms with Gasteiger partial charge >= 0.3 is 0 Å². The van der Waals surface area contributed by atoms with E-state index < -0.39 is 0 Å². The van der Waals surface area contributed by atoms with Crippen molar-refractivity contribution in [2.75, 3.05) is 19.6 Å². The zero-order valence-corrected chi connectivity index (χ0v) is 12.5. The zero-order valence-electron chi connectivity index (χ0n) is 12.5. The molecule has 1 N–H and O–H groups in total. The van der Waals surface area contributed by atoms with Gasteiger partial charge < -0.3 is 10.2 Å². The van der Waals surface area contributed by atoms with Crippen molar-refractivity contribution in [1.82, 2.24) is 20.2 Å². The number of carbonyl (C=O) groups excluding carboxylic acids is 1. The van der Waals surface area contributed by atoms with Crippen LogP contribution in [0.25, 0.3) is 0 Å². The Hall–Kier alpha value is -1.49. The van der Waals surface area contributed by atoms with E-state index in [1.165, 1.54) is 57.8 Å². The summed E-state index contributed by atoms with van der Waals surface area (Å²) in [5.74, 6) is 0.490. The van der Waals surface area contributed by atoms with Crippen LogP contribution in [0.15, 0.2) is 18.6 Å². The first-order valence-electron chi connectivity index (χ1n) is 8.11. The van der Waals surface area contributed by atoms with Gasteiger partial charge in [0.05, 0.1) is 6.20 Å². The van der Waals surface area contributed by atoms with E-state index >= 15 is 0 Å². The number of hydrogen-bond acceptors (Lipinski definition) is 4. The van der Waals surface area contributed by atoms with Gasteiger partial charge in [0, 0.05) is 25.0 Å². The third-order valence-electron chi connectivity index (χ3n) is 4.84. The third kappa shape index (κ3) is 3.79. The number of rotatable bonds is 4. The topological polar surface area (TPSA) is 58.1 Å². The van der Waals surface area contributed by atoms with Crippen LogP contribution in [0, 0.1) is 5.92 Å². The van der Waals surface area contributed by atoms with Gasteiger partial charge in [0.25, 0.3) is 5.91 Å². The normalized spacial score (nSPS) is 21.5. The molecule has 1 saturated carbocycles. The van der Waals surface area contributed by atoms with E-state index in [1.807, 2.05) is 0 Å². The molecule has 0 bridgehead atoms. The second kappa shape index (κ2) is 6.98. The molecule has 1 aromatic heterocycles. The molecule has 0 radical (unpaired) electrons. The lowest BCUT2D eigenvalue weighted by Crippen LogP contribution is -2.42. The zero-order chi connectivity index (χ0) is 14.5. The summed E-state index contributed by atoms with van der Waals surface area (Å²) < 4.78 is 0. The molecule has 1 aromatic rings. The molecule has 5 nitrogen and oxygen atoms in total. The number of aromatic nitrogens is 2. The Morgan fingerprint density at radius 2 is 1.95 bits per heavy atom.